The van der Waals surface area contributed by atoms with E-state index < -0.39 is 0 Å². The molecule has 0 amide bonds. The van der Waals surface area contributed by atoms with Gasteiger partial charge >= 0.3 is 0 Å². The highest BCUT2D eigenvalue weighted by molar-refractivity contribution is 5.52. The Hall–Kier alpha value is -1.86. The Morgan fingerprint density at radius 3 is 2.71 bits per heavy atom. The van der Waals surface area contributed by atoms with Gasteiger partial charge in [-0.15, -0.1) is 0 Å². The molecule has 1 N–H and O–H groups in total. The van der Waals surface area contributed by atoms with E-state index in [1.54, 1.807) is 24.2 Å². The lowest BCUT2D eigenvalue weighted by Crippen LogP contribution is -2.07. The maximum Gasteiger partial charge on any atom is 0.161 e. The van der Waals surface area contributed by atoms with Gasteiger partial charge in [0.05, 0.1) is 25.3 Å². The summed E-state index contributed by atoms with van der Waals surface area (Å²) in [4.78, 5) is 13.3. The summed E-state index contributed by atoms with van der Waals surface area (Å²) in [5.41, 5.74) is 0.823. The maximum absolute atomic E-state index is 9.16. The molecule has 0 atom stereocenters. The van der Waals surface area contributed by atoms with Crippen LogP contribution >= 0.6 is 0 Å². The molecule has 0 aliphatic heterocycles. The van der Waals surface area contributed by atoms with Gasteiger partial charge < -0.3 is 9.84 Å². The predicted octanol–water partition coefficient (Wildman–Crippen LogP) is 0.794. The third kappa shape index (κ3) is 3.25. The molecule has 0 spiro atoms. The molecule has 21 heavy (non-hydrogen) atoms. The molecule has 0 unspecified atom stereocenters. The normalized spacial score (nSPS) is 14.6. The van der Waals surface area contributed by atoms with Gasteiger partial charge in [-0.2, -0.15) is 5.10 Å². The van der Waals surface area contributed by atoms with Gasteiger partial charge in [-0.3, -0.25) is 0 Å². The van der Waals surface area contributed by atoms with E-state index >= 15 is 0 Å². The molecule has 0 bridgehead atoms. The Labute approximate surface area is 123 Å². The maximum atomic E-state index is 9.16. The van der Waals surface area contributed by atoms with Crippen molar-refractivity contribution in [1.29, 1.82) is 0 Å². The zero-order valence-electron chi connectivity index (χ0n) is 12.1. The van der Waals surface area contributed by atoms with Crippen molar-refractivity contribution in [3.05, 3.63) is 24.0 Å². The molecule has 7 heteroatoms. The van der Waals surface area contributed by atoms with Crippen molar-refractivity contribution >= 4 is 0 Å². The van der Waals surface area contributed by atoms with E-state index in [0.717, 1.165) is 11.4 Å². The first-order valence-electron chi connectivity index (χ1n) is 7.17. The number of aliphatic hydroxyl groups is 1. The summed E-state index contributed by atoms with van der Waals surface area (Å²) in [5, 5.41) is 13.6. The third-order valence-electron chi connectivity index (χ3n) is 3.43. The quantitative estimate of drug-likeness (QED) is 0.811. The summed E-state index contributed by atoms with van der Waals surface area (Å²) in [5.74, 6) is 2.84. The lowest BCUT2D eigenvalue weighted by atomic mass is 10.3. The summed E-state index contributed by atoms with van der Waals surface area (Å²) in [6, 6.07) is 0. The molecule has 0 radical (unpaired) electrons. The van der Waals surface area contributed by atoms with Crippen LogP contribution in [0.4, 0.5) is 0 Å². The molecule has 1 saturated carbocycles. The zero-order valence-corrected chi connectivity index (χ0v) is 12.1. The Balaban J connectivity index is 1.85. The van der Waals surface area contributed by atoms with E-state index in [1.165, 1.54) is 12.8 Å². The van der Waals surface area contributed by atoms with Crippen LogP contribution in [0.15, 0.2) is 12.4 Å². The van der Waals surface area contributed by atoms with Crippen molar-refractivity contribution in [2.24, 2.45) is 0 Å². The molecule has 112 valence electrons. The van der Waals surface area contributed by atoms with Crippen LogP contribution in [-0.4, -0.2) is 50.2 Å². The van der Waals surface area contributed by atoms with Crippen LogP contribution in [0.3, 0.4) is 0 Å². The van der Waals surface area contributed by atoms with Crippen molar-refractivity contribution in [2.75, 3.05) is 20.3 Å². The molecule has 1 aliphatic rings. The Morgan fingerprint density at radius 2 is 2.10 bits per heavy atom. The molecule has 0 aromatic carbocycles. The highest BCUT2D eigenvalue weighted by Crippen LogP contribution is 2.37. The Bertz CT molecular complexity index is 592. The number of ether oxygens (including phenoxy) is 1. The lowest BCUT2D eigenvalue weighted by Gasteiger charge is -2.03. The number of aliphatic hydroxyl groups excluding tert-OH is 1. The number of nitrogens with zero attached hydrogens (tertiary/aromatic N) is 5. The third-order valence-corrected chi connectivity index (χ3v) is 3.43. The number of rotatable bonds is 7. The van der Waals surface area contributed by atoms with Gasteiger partial charge in [0.1, 0.15) is 5.82 Å². The Morgan fingerprint density at radius 1 is 1.33 bits per heavy atom. The van der Waals surface area contributed by atoms with Crippen LogP contribution in [-0.2, 0) is 17.7 Å². The molecule has 3 rings (SSSR count). The molecular formula is C14H19N5O2. The number of aromatic nitrogens is 5. The van der Waals surface area contributed by atoms with Gasteiger partial charge in [-0.25, -0.2) is 19.6 Å². The largest absolute Gasteiger partial charge is 0.394 e. The van der Waals surface area contributed by atoms with Crippen LogP contribution in [0.5, 0.6) is 0 Å². The first kappa shape index (κ1) is 14.1. The van der Waals surface area contributed by atoms with Crippen molar-refractivity contribution in [3.8, 4) is 11.4 Å². The summed E-state index contributed by atoms with van der Waals surface area (Å²) in [6.45, 7) is 0.987. The van der Waals surface area contributed by atoms with Crippen LogP contribution in [0.25, 0.3) is 11.4 Å². The predicted molar refractivity (Wildman–Crippen MR) is 75.7 cm³/mol. The lowest BCUT2D eigenvalue weighted by molar-refractivity contribution is 0.200. The molecule has 2 aromatic rings. The molecule has 1 fully saturated rings. The standard InChI is InChI=1S/C14H19N5O2/c1-21-7-4-12-17-14(19(18-12)5-6-20)11-8-15-13(16-9-11)10-2-3-10/h8-10,20H,2-7H2,1H3. The van der Waals surface area contributed by atoms with E-state index in [0.29, 0.717) is 37.1 Å². The average molecular weight is 289 g/mol. The van der Waals surface area contributed by atoms with E-state index in [4.69, 9.17) is 9.84 Å². The fraction of sp³-hybridized carbons (Fsp3) is 0.571. The molecule has 2 heterocycles. The van der Waals surface area contributed by atoms with Crippen molar-refractivity contribution < 1.29 is 9.84 Å². The summed E-state index contributed by atoms with van der Waals surface area (Å²) >= 11 is 0. The molecule has 7 nitrogen and oxygen atoms in total. The first-order valence-corrected chi connectivity index (χ1v) is 7.17. The molecule has 2 aromatic heterocycles. The van der Waals surface area contributed by atoms with Gasteiger partial charge in [0, 0.05) is 31.8 Å². The number of hydrogen-bond acceptors (Lipinski definition) is 6. The summed E-state index contributed by atoms with van der Waals surface area (Å²) in [7, 11) is 1.65. The minimum atomic E-state index is 0.0150. The minimum Gasteiger partial charge on any atom is -0.394 e. The van der Waals surface area contributed by atoms with E-state index in [1.807, 2.05) is 0 Å². The van der Waals surface area contributed by atoms with Crippen molar-refractivity contribution in [3.63, 3.8) is 0 Å². The number of hydrogen-bond donors (Lipinski definition) is 1. The molecule has 0 saturated heterocycles. The van der Waals surface area contributed by atoms with Crippen LogP contribution in [0.1, 0.15) is 30.4 Å². The van der Waals surface area contributed by atoms with E-state index in [2.05, 4.69) is 20.1 Å². The zero-order chi connectivity index (χ0) is 14.7. The van der Waals surface area contributed by atoms with Gasteiger partial charge in [0.15, 0.2) is 11.6 Å². The van der Waals surface area contributed by atoms with E-state index in [9.17, 15) is 0 Å². The van der Waals surface area contributed by atoms with Crippen LogP contribution in [0, 0.1) is 0 Å². The minimum absolute atomic E-state index is 0.0150. The molecular weight excluding hydrogens is 270 g/mol. The first-order chi connectivity index (χ1) is 10.3. The van der Waals surface area contributed by atoms with Crippen LogP contribution < -0.4 is 0 Å². The second-order valence-corrected chi connectivity index (χ2v) is 5.15. The van der Waals surface area contributed by atoms with E-state index in [-0.39, 0.29) is 6.61 Å². The van der Waals surface area contributed by atoms with Gasteiger partial charge in [-0.1, -0.05) is 0 Å². The monoisotopic (exact) mass is 289 g/mol. The summed E-state index contributed by atoms with van der Waals surface area (Å²) in [6.07, 6.45) is 6.59. The van der Waals surface area contributed by atoms with Crippen molar-refractivity contribution in [2.45, 2.75) is 31.7 Å². The number of methoxy groups -OCH3 is 1. The van der Waals surface area contributed by atoms with Gasteiger partial charge in [0.2, 0.25) is 0 Å². The fourth-order valence-corrected chi connectivity index (χ4v) is 2.16. The second-order valence-electron chi connectivity index (χ2n) is 5.15. The highest BCUT2D eigenvalue weighted by atomic mass is 16.5. The average Bonchev–Trinajstić information content (AvgIpc) is 3.28. The van der Waals surface area contributed by atoms with Gasteiger partial charge in [0.25, 0.3) is 0 Å². The molecule has 1 aliphatic carbocycles. The van der Waals surface area contributed by atoms with Crippen molar-refractivity contribution in [1.82, 2.24) is 24.7 Å². The van der Waals surface area contributed by atoms with Gasteiger partial charge in [-0.05, 0) is 12.8 Å². The smallest absolute Gasteiger partial charge is 0.161 e. The Kier molecular flexibility index (Phi) is 4.21. The topological polar surface area (TPSA) is 86.0 Å². The second kappa shape index (κ2) is 6.28. The fourth-order valence-electron chi connectivity index (χ4n) is 2.16. The highest BCUT2D eigenvalue weighted by Gasteiger charge is 2.26. The SMILES string of the molecule is COCCc1nc(-c2cnc(C3CC3)nc2)n(CCO)n1. The summed E-state index contributed by atoms with van der Waals surface area (Å²) < 4.78 is 6.74. The van der Waals surface area contributed by atoms with Crippen LogP contribution in [0.2, 0.25) is 0 Å².